The third kappa shape index (κ3) is 0.645. The van der Waals surface area contributed by atoms with E-state index in [1.54, 1.807) is 0 Å². The van der Waals surface area contributed by atoms with Crippen LogP contribution in [-0.4, -0.2) is 12.3 Å². The van der Waals surface area contributed by atoms with Gasteiger partial charge >= 0.3 is 0 Å². The summed E-state index contributed by atoms with van der Waals surface area (Å²) in [4.78, 5) is 4.32. The van der Waals surface area contributed by atoms with Gasteiger partial charge in [0.05, 0.1) is 5.71 Å². The zero-order valence-electron chi connectivity index (χ0n) is 5.52. The van der Waals surface area contributed by atoms with Crippen molar-refractivity contribution in [1.29, 1.82) is 0 Å². The van der Waals surface area contributed by atoms with Crippen LogP contribution in [0.3, 0.4) is 0 Å². The molecule has 0 fully saturated rings. The Hall–Kier alpha value is -0.850. The van der Waals surface area contributed by atoms with Crippen molar-refractivity contribution >= 4 is 5.71 Å². The van der Waals surface area contributed by atoms with E-state index in [2.05, 4.69) is 24.1 Å². The number of hydrogen-bond donors (Lipinski definition) is 0. The van der Waals surface area contributed by atoms with Crippen LogP contribution < -0.4 is 0 Å². The molecule has 0 radical (unpaired) electrons. The first-order chi connectivity index (χ1) is 4.36. The zero-order chi connectivity index (χ0) is 6.27. The Morgan fingerprint density at radius 3 is 3.11 bits per heavy atom. The first-order valence-electron chi connectivity index (χ1n) is 3.30. The summed E-state index contributed by atoms with van der Waals surface area (Å²) in [5, 5.41) is 0. The molecule has 0 spiro atoms. The molecule has 1 aliphatic heterocycles. The lowest BCUT2D eigenvalue weighted by Gasteiger charge is -1.84. The lowest BCUT2D eigenvalue weighted by Crippen LogP contribution is -1.84. The highest BCUT2D eigenvalue weighted by atomic mass is 14.8. The van der Waals surface area contributed by atoms with Gasteiger partial charge < -0.3 is 0 Å². The SMILES string of the molecule is CC1=CC2=NCCC2=C1. The van der Waals surface area contributed by atoms with Crippen molar-refractivity contribution in [2.24, 2.45) is 4.99 Å². The molecule has 1 heteroatoms. The molecule has 0 bridgehead atoms. The highest BCUT2D eigenvalue weighted by Gasteiger charge is 2.14. The maximum absolute atomic E-state index is 4.32. The minimum Gasteiger partial charge on any atom is -0.285 e. The van der Waals surface area contributed by atoms with E-state index < -0.39 is 0 Å². The molecule has 1 aliphatic carbocycles. The minimum atomic E-state index is 1.00. The standard InChI is InChI=1S/C8H9N/c1-6-4-7-2-3-9-8(7)5-6/h4-5H,2-3H2,1H3. The fraction of sp³-hybridized carbons (Fsp3) is 0.375. The van der Waals surface area contributed by atoms with Gasteiger partial charge in [-0.1, -0.05) is 6.08 Å². The molecule has 0 aromatic rings. The Bertz CT molecular complexity index is 231. The third-order valence-corrected chi connectivity index (χ3v) is 1.76. The van der Waals surface area contributed by atoms with Crippen molar-refractivity contribution in [1.82, 2.24) is 0 Å². The van der Waals surface area contributed by atoms with E-state index in [0.717, 1.165) is 13.0 Å². The van der Waals surface area contributed by atoms with E-state index in [-0.39, 0.29) is 0 Å². The predicted octanol–water partition coefficient (Wildman–Crippen LogP) is 1.72. The van der Waals surface area contributed by atoms with Crippen LogP contribution in [0.1, 0.15) is 13.3 Å². The molecular weight excluding hydrogens is 110 g/mol. The van der Waals surface area contributed by atoms with E-state index >= 15 is 0 Å². The Labute approximate surface area is 54.8 Å². The average Bonchev–Trinajstić information content (AvgIpc) is 2.22. The van der Waals surface area contributed by atoms with Crippen LogP contribution in [-0.2, 0) is 0 Å². The molecule has 0 saturated heterocycles. The number of nitrogens with zero attached hydrogens (tertiary/aromatic N) is 1. The summed E-state index contributed by atoms with van der Waals surface area (Å²) in [5.74, 6) is 0. The second-order valence-corrected chi connectivity index (χ2v) is 2.57. The third-order valence-electron chi connectivity index (χ3n) is 1.76. The van der Waals surface area contributed by atoms with Gasteiger partial charge in [0.25, 0.3) is 0 Å². The zero-order valence-corrected chi connectivity index (χ0v) is 5.52. The number of aliphatic imine (C=N–C) groups is 1. The second-order valence-electron chi connectivity index (χ2n) is 2.57. The van der Waals surface area contributed by atoms with Crippen LogP contribution >= 0.6 is 0 Å². The first-order valence-corrected chi connectivity index (χ1v) is 3.30. The Morgan fingerprint density at radius 2 is 2.33 bits per heavy atom. The van der Waals surface area contributed by atoms with Crippen LogP contribution in [0, 0.1) is 0 Å². The highest BCUT2D eigenvalue weighted by molar-refractivity contribution is 6.13. The van der Waals surface area contributed by atoms with Gasteiger partial charge in [-0.3, -0.25) is 4.99 Å². The van der Waals surface area contributed by atoms with Gasteiger partial charge in [0.15, 0.2) is 0 Å². The molecule has 0 saturated carbocycles. The van der Waals surface area contributed by atoms with Crippen molar-refractivity contribution < 1.29 is 0 Å². The fourth-order valence-electron chi connectivity index (χ4n) is 1.34. The molecule has 2 aliphatic rings. The monoisotopic (exact) mass is 119 g/mol. The predicted molar refractivity (Wildman–Crippen MR) is 38.8 cm³/mol. The maximum atomic E-state index is 4.32. The van der Waals surface area contributed by atoms with Gasteiger partial charge in [-0.15, -0.1) is 0 Å². The van der Waals surface area contributed by atoms with Crippen LogP contribution in [0.25, 0.3) is 0 Å². The Balaban J connectivity index is 2.46. The van der Waals surface area contributed by atoms with Crippen molar-refractivity contribution in [2.45, 2.75) is 13.3 Å². The summed E-state index contributed by atoms with van der Waals surface area (Å²) in [6, 6.07) is 0. The molecule has 0 aromatic heterocycles. The quantitative estimate of drug-likeness (QED) is 0.460. The normalized spacial score (nSPS) is 23.0. The van der Waals surface area contributed by atoms with Crippen LogP contribution in [0.15, 0.2) is 28.3 Å². The van der Waals surface area contributed by atoms with Crippen LogP contribution in [0.4, 0.5) is 0 Å². The molecular formula is C8H9N. The molecule has 1 heterocycles. The van der Waals surface area contributed by atoms with Crippen molar-refractivity contribution in [2.75, 3.05) is 6.54 Å². The van der Waals surface area contributed by atoms with Gasteiger partial charge in [-0.05, 0) is 30.6 Å². The molecule has 2 rings (SSSR count). The average molecular weight is 119 g/mol. The van der Waals surface area contributed by atoms with Gasteiger partial charge in [-0.2, -0.15) is 0 Å². The fourth-order valence-corrected chi connectivity index (χ4v) is 1.34. The second kappa shape index (κ2) is 1.56. The smallest absolute Gasteiger partial charge is 0.0609 e. The molecule has 9 heavy (non-hydrogen) atoms. The van der Waals surface area contributed by atoms with Crippen LogP contribution in [0.5, 0.6) is 0 Å². The summed E-state index contributed by atoms with van der Waals surface area (Å²) >= 11 is 0. The van der Waals surface area contributed by atoms with E-state index in [1.165, 1.54) is 16.9 Å². The number of hydrogen-bond acceptors (Lipinski definition) is 1. The number of fused-ring (bicyclic) bond motifs is 1. The first kappa shape index (κ1) is 4.98. The highest BCUT2D eigenvalue weighted by Crippen LogP contribution is 2.22. The summed E-state index contributed by atoms with van der Waals surface area (Å²) < 4.78 is 0. The molecule has 0 amide bonds. The molecule has 46 valence electrons. The largest absolute Gasteiger partial charge is 0.285 e. The molecule has 1 nitrogen and oxygen atoms in total. The van der Waals surface area contributed by atoms with Gasteiger partial charge in [0.2, 0.25) is 0 Å². The van der Waals surface area contributed by atoms with Gasteiger partial charge in [-0.25, -0.2) is 0 Å². The van der Waals surface area contributed by atoms with Crippen molar-refractivity contribution in [3.63, 3.8) is 0 Å². The van der Waals surface area contributed by atoms with Crippen molar-refractivity contribution in [3.05, 3.63) is 23.3 Å². The lowest BCUT2D eigenvalue weighted by atomic mass is 10.2. The summed E-state index contributed by atoms with van der Waals surface area (Å²) in [6.07, 6.45) is 5.54. The van der Waals surface area contributed by atoms with E-state index in [4.69, 9.17) is 0 Å². The minimum absolute atomic E-state index is 1.00. The van der Waals surface area contributed by atoms with Crippen molar-refractivity contribution in [3.8, 4) is 0 Å². The van der Waals surface area contributed by atoms with Gasteiger partial charge in [0.1, 0.15) is 0 Å². The van der Waals surface area contributed by atoms with Crippen LogP contribution in [0.2, 0.25) is 0 Å². The molecule has 0 N–H and O–H groups in total. The Morgan fingerprint density at radius 1 is 1.44 bits per heavy atom. The summed E-state index contributed by atoms with van der Waals surface area (Å²) in [6.45, 7) is 3.12. The lowest BCUT2D eigenvalue weighted by molar-refractivity contribution is 1.04. The van der Waals surface area contributed by atoms with E-state index in [1.807, 2.05) is 0 Å². The van der Waals surface area contributed by atoms with E-state index in [0.29, 0.717) is 0 Å². The number of allylic oxidation sites excluding steroid dienone is 3. The van der Waals surface area contributed by atoms with E-state index in [9.17, 15) is 0 Å². The molecule has 0 unspecified atom stereocenters. The molecule has 0 atom stereocenters. The van der Waals surface area contributed by atoms with Gasteiger partial charge in [0, 0.05) is 6.54 Å². The topological polar surface area (TPSA) is 12.4 Å². The maximum Gasteiger partial charge on any atom is 0.0609 e. The molecule has 0 aromatic carbocycles. The Kier molecular flexibility index (Phi) is 0.865. The summed E-state index contributed by atoms with van der Waals surface area (Å²) in [7, 11) is 0. The number of rotatable bonds is 0. The summed E-state index contributed by atoms with van der Waals surface area (Å²) in [5.41, 5.74) is 4.02.